The predicted octanol–water partition coefficient (Wildman–Crippen LogP) is 5.53. The minimum atomic E-state index is -4.93. The summed E-state index contributed by atoms with van der Waals surface area (Å²) < 4.78 is 54.9. The molecular formula is C18H9Cl2F4N3O2. The lowest BCUT2D eigenvalue weighted by atomic mass is 10.2. The molecule has 0 fully saturated rings. The summed E-state index contributed by atoms with van der Waals surface area (Å²) in [5, 5.41) is 7.15. The first kappa shape index (κ1) is 20.8. The number of nitrogens with zero attached hydrogens (tertiary/aromatic N) is 3. The van der Waals surface area contributed by atoms with Crippen molar-refractivity contribution in [2.75, 3.05) is 0 Å². The van der Waals surface area contributed by atoms with Gasteiger partial charge in [0.2, 0.25) is 0 Å². The average molecular weight is 446 g/mol. The van der Waals surface area contributed by atoms with Gasteiger partial charge in [-0.1, -0.05) is 34.4 Å². The second kappa shape index (κ2) is 8.22. The molecule has 3 rings (SSSR count). The van der Waals surface area contributed by atoms with Crippen LogP contribution in [0.3, 0.4) is 0 Å². The molecule has 0 aliphatic carbocycles. The van der Waals surface area contributed by atoms with Crippen LogP contribution >= 0.6 is 23.2 Å². The summed E-state index contributed by atoms with van der Waals surface area (Å²) >= 11 is 11.5. The molecule has 0 saturated heterocycles. The van der Waals surface area contributed by atoms with Crippen LogP contribution in [0.5, 0.6) is 0 Å². The van der Waals surface area contributed by atoms with Crippen molar-refractivity contribution in [1.29, 1.82) is 0 Å². The van der Waals surface area contributed by atoms with E-state index in [2.05, 4.69) is 15.1 Å². The van der Waals surface area contributed by atoms with Gasteiger partial charge in [0.25, 0.3) is 0 Å². The standard InChI is InChI=1S/C18H9Cl2F4N3O2/c19-10-4-6-11(7-5-10)27-16(18(22,23)24)13(8-25-27)17(28)29-26-9-12-14(20)2-1-3-15(12)21/h1-9H/b26-9+. The number of rotatable bonds is 4. The molecule has 0 atom stereocenters. The quantitative estimate of drug-likeness (QED) is 0.229. The summed E-state index contributed by atoms with van der Waals surface area (Å²) in [4.78, 5) is 16.6. The lowest BCUT2D eigenvalue weighted by molar-refractivity contribution is -0.143. The molecule has 29 heavy (non-hydrogen) atoms. The molecule has 150 valence electrons. The summed E-state index contributed by atoms with van der Waals surface area (Å²) in [6.07, 6.45) is -3.44. The van der Waals surface area contributed by atoms with E-state index in [1.54, 1.807) is 0 Å². The molecule has 0 N–H and O–H groups in total. The fraction of sp³-hybridized carbons (Fsp3) is 0.0556. The van der Waals surface area contributed by atoms with Gasteiger partial charge in [0.05, 0.1) is 28.7 Å². The first-order valence-electron chi connectivity index (χ1n) is 7.78. The molecule has 2 aromatic carbocycles. The second-order valence-corrected chi connectivity index (χ2v) is 6.39. The van der Waals surface area contributed by atoms with Crippen LogP contribution in [0.1, 0.15) is 21.6 Å². The third kappa shape index (κ3) is 4.57. The van der Waals surface area contributed by atoms with Gasteiger partial charge in [-0.15, -0.1) is 0 Å². The molecular weight excluding hydrogens is 437 g/mol. The van der Waals surface area contributed by atoms with Crippen molar-refractivity contribution in [3.05, 3.63) is 81.3 Å². The van der Waals surface area contributed by atoms with Crippen molar-refractivity contribution in [3.8, 4) is 5.69 Å². The highest BCUT2D eigenvalue weighted by Gasteiger charge is 2.41. The highest BCUT2D eigenvalue weighted by atomic mass is 35.5. The van der Waals surface area contributed by atoms with E-state index < -0.39 is 29.2 Å². The van der Waals surface area contributed by atoms with Gasteiger partial charge in [0.1, 0.15) is 11.4 Å². The lowest BCUT2D eigenvalue weighted by Gasteiger charge is -2.11. The SMILES string of the molecule is O=C(O/N=C/c1c(F)cccc1Cl)c1cnn(-c2ccc(Cl)cc2)c1C(F)(F)F. The Morgan fingerprint density at radius 3 is 2.45 bits per heavy atom. The summed E-state index contributed by atoms with van der Waals surface area (Å²) in [7, 11) is 0. The minimum absolute atomic E-state index is 0.0173. The zero-order chi connectivity index (χ0) is 21.2. The molecule has 0 bridgehead atoms. The number of alkyl halides is 3. The molecule has 11 heteroatoms. The maximum absolute atomic E-state index is 13.6. The van der Waals surface area contributed by atoms with Crippen LogP contribution in [0.4, 0.5) is 17.6 Å². The van der Waals surface area contributed by atoms with E-state index in [4.69, 9.17) is 23.2 Å². The number of oxime groups is 1. The number of aromatic nitrogens is 2. The number of halogens is 6. The van der Waals surface area contributed by atoms with Crippen molar-refractivity contribution in [2.24, 2.45) is 5.16 Å². The normalized spacial score (nSPS) is 11.8. The van der Waals surface area contributed by atoms with Gasteiger partial charge in [-0.3, -0.25) is 0 Å². The van der Waals surface area contributed by atoms with E-state index in [9.17, 15) is 22.4 Å². The molecule has 3 aromatic rings. The van der Waals surface area contributed by atoms with Gasteiger partial charge in [-0.25, -0.2) is 13.9 Å². The highest BCUT2D eigenvalue weighted by Crippen LogP contribution is 2.34. The number of carbonyl (C=O) groups is 1. The smallest absolute Gasteiger partial charge is 0.313 e. The zero-order valence-electron chi connectivity index (χ0n) is 14.1. The minimum Gasteiger partial charge on any atom is -0.313 e. The molecule has 1 aromatic heterocycles. The summed E-state index contributed by atoms with van der Waals surface area (Å²) in [5.74, 6) is -2.18. The van der Waals surface area contributed by atoms with E-state index in [0.717, 1.165) is 12.3 Å². The van der Waals surface area contributed by atoms with E-state index in [-0.39, 0.29) is 16.3 Å². The molecule has 0 saturated carbocycles. The predicted molar refractivity (Wildman–Crippen MR) is 98.0 cm³/mol. The molecule has 0 amide bonds. The van der Waals surface area contributed by atoms with Gasteiger partial charge in [0.15, 0.2) is 5.69 Å². The molecule has 0 radical (unpaired) electrons. The van der Waals surface area contributed by atoms with Crippen LogP contribution < -0.4 is 0 Å². The largest absolute Gasteiger partial charge is 0.434 e. The fourth-order valence-electron chi connectivity index (χ4n) is 2.36. The van der Waals surface area contributed by atoms with Crippen molar-refractivity contribution < 1.29 is 27.2 Å². The molecule has 1 heterocycles. The van der Waals surface area contributed by atoms with Crippen LogP contribution in [-0.2, 0) is 11.0 Å². The Morgan fingerprint density at radius 1 is 1.14 bits per heavy atom. The van der Waals surface area contributed by atoms with Gasteiger partial charge < -0.3 is 4.84 Å². The van der Waals surface area contributed by atoms with E-state index in [0.29, 0.717) is 15.9 Å². The first-order valence-corrected chi connectivity index (χ1v) is 8.54. The zero-order valence-corrected chi connectivity index (χ0v) is 15.6. The Balaban J connectivity index is 1.91. The maximum atomic E-state index is 13.6. The first-order chi connectivity index (χ1) is 13.7. The Kier molecular flexibility index (Phi) is 5.90. The number of hydrogen-bond donors (Lipinski definition) is 0. The third-order valence-corrected chi connectivity index (χ3v) is 4.23. The van der Waals surface area contributed by atoms with Crippen molar-refractivity contribution in [3.63, 3.8) is 0 Å². The average Bonchev–Trinajstić information content (AvgIpc) is 3.10. The summed E-state index contributed by atoms with van der Waals surface area (Å²) in [5.41, 5.74) is -2.38. The third-order valence-electron chi connectivity index (χ3n) is 3.65. The van der Waals surface area contributed by atoms with Crippen molar-refractivity contribution in [1.82, 2.24) is 9.78 Å². The molecule has 0 unspecified atom stereocenters. The second-order valence-electron chi connectivity index (χ2n) is 5.54. The number of benzene rings is 2. The van der Waals surface area contributed by atoms with Crippen LogP contribution in [0.25, 0.3) is 5.69 Å². The van der Waals surface area contributed by atoms with Crippen LogP contribution in [0.2, 0.25) is 10.0 Å². The Labute approximate surface area is 171 Å². The van der Waals surface area contributed by atoms with Crippen LogP contribution in [0.15, 0.2) is 53.8 Å². The van der Waals surface area contributed by atoms with Crippen molar-refractivity contribution in [2.45, 2.75) is 6.18 Å². The Morgan fingerprint density at radius 2 is 1.83 bits per heavy atom. The van der Waals surface area contributed by atoms with Crippen molar-refractivity contribution >= 4 is 35.4 Å². The molecule has 0 spiro atoms. The van der Waals surface area contributed by atoms with Crippen LogP contribution in [-0.4, -0.2) is 22.0 Å². The van der Waals surface area contributed by atoms with Gasteiger partial charge in [0, 0.05) is 5.02 Å². The van der Waals surface area contributed by atoms with Gasteiger partial charge in [-0.2, -0.15) is 18.3 Å². The van der Waals surface area contributed by atoms with Gasteiger partial charge in [-0.05, 0) is 36.4 Å². The summed E-state index contributed by atoms with van der Waals surface area (Å²) in [6.45, 7) is 0. The van der Waals surface area contributed by atoms with Crippen LogP contribution in [0, 0.1) is 5.82 Å². The Bertz CT molecular complexity index is 1060. The maximum Gasteiger partial charge on any atom is 0.434 e. The summed E-state index contributed by atoms with van der Waals surface area (Å²) in [6, 6.07) is 9.16. The molecule has 0 aliphatic heterocycles. The number of carbonyl (C=O) groups excluding carboxylic acids is 1. The highest BCUT2D eigenvalue weighted by molar-refractivity contribution is 6.33. The molecule has 0 aliphatic rings. The topological polar surface area (TPSA) is 56.5 Å². The Hall–Kier alpha value is -2.91. The van der Waals surface area contributed by atoms with E-state index >= 15 is 0 Å². The fourth-order valence-corrected chi connectivity index (χ4v) is 2.70. The monoisotopic (exact) mass is 445 g/mol. The van der Waals surface area contributed by atoms with E-state index in [1.165, 1.54) is 36.4 Å². The van der Waals surface area contributed by atoms with Gasteiger partial charge >= 0.3 is 12.1 Å². The lowest BCUT2D eigenvalue weighted by Crippen LogP contribution is -2.18. The number of hydrogen-bond acceptors (Lipinski definition) is 4. The molecule has 5 nitrogen and oxygen atoms in total. The van der Waals surface area contributed by atoms with E-state index in [1.807, 2.05) is 0 Å².